The molecule has 0 spiro atoms. The monoisotopic (exact) mass is 1320 g/mol. The Hall–Kier alpha value is -5.80. The molecule has 93 heavy (non-hydrogen) atoms. The summed E-state index contributed by atoms with van der Waals surface area (Å²) in [5, 5.41) is 0. The minimum Gasteiger partial charge on any atom is -0.465 e. The molecule has 0 amide bonds. The first-order valence-electron chi connectivity index (χ1n) is 32.5. The Morgan fingerprint density at radius 3 is 1.55 bits per heavy atom. The van der Waals surface area contributed by atoms with Crippen LogP contribution in [0.2, 0.25) is 0 Å². The predicted molar refractivity (Wildman–Crippen MR) is 319 cm³/mol. The normalized spacial score (nSPS) is 41.6. The maximum atomic E-state index is 13.4. The number of allylic oxidation sites excluding steroid dienone is 2. The fourth-order valence-electron chi connectivity index (χ4n) is 17.8. The van der Waals surface area contributed by atoms with Gasteiger partial charge in [-0.25, -0.2) is 0 Å². The van der Waals surface area contributed by atoms with Crippen molar-refractivity contribution in [3.63, 3.8) is 0 Å². The molecule has 26 heteroatoms. The molecule has 0 aromatic rings. The van der Waals surface area contributed by atoms with Crippen molar-refractivity contribution in [2.24, 2.45) is 50.2 Å². The molecule has 3 saturated heterocycles. The topological polar surface area (TPSA) is 318 Å². The second-order valence-electron chi connectivity index (χ2n) is 29.0. The first-order chi connectivity index (χ1) is 43.3. The molecule has 4 saturated carbocycles. The van der Waals surface area contributed by atoms with Crippen LogP contribution in [0.1, 0.15) is 182 Å². The smallest absolute Gasteiger partial charge is 0.303 e. The Kier molecular flexibility index (Phi) is 22.1. The zero-order valence-electron chi connectivity index (χ0n) is 57.1. The van der Waals surface area contributed by atoms with E-state index in [0.29, 0.717) is 19.3 Å². The van der Waals surface area contributed by atoms with Gasteiger partial charge in [0.15, 0.2) is 73.8 Å². The SMILES string of the molecule is CC(=O)OC[C@H]1O[C@@H](O[C@H]2[C@H](O[C@H]3CC[C@@]4(C)[C@@H](CC[C@]5(C)[C@@H]4CC=C4[C@@H]6CC(C)(C)C[C@@H](OC(C)=O)[C@]6(C)CC[C@]45C)[C@@]3(C)COC(C)=O)OC[C@H](OC(C)=O)[C@@H]2OC(C)=O)[C@H](O[C@@H]2O[C@@H](C)[C@H](OC(C)=O)[C@@H](OC(C)=O)[C@H]2OC(C)=O)[C@@H](OC(C)=O)[C@H]1OC(C)=O. The summed E-state index contributed by atoms with van der Waals surface area (Å²) in [7, 11) is 0. The van der Waals surface area contributed by atoms with Crippen LogP contribution in [0.4, 0.5) is 0 Å². The third-order valence-electron chi connectivity index (χ3n) is 21.9. The minimum atomic E-state index is -2.00. The van der Waals surface area contributed by atoms with E-state index in [0.717, 1.165) is 93.9 Å². The van der Waals surface area contributed by atoms with Gasteiger partial charge in [0.25, 0.3) is 0 Å². The van der Waals surface area contributed by atoms with Crippen LogP contribution < -0.4 is 0 Å². The van der Waals surface area contributed by atoms with Crippen LogP contribution in [-0.2, 0) is 124 Å². The number of ether oxygens (including phenoxy) is 16. The van der Waals surface area contributed by atoms with Crippen molar-refractivity contribution in [1.82, 2.24) is 0 Å². The zero-order chi connectivity index (χ0) is 68.8. The average molecular weight is 1320 g/mol. The number of carbonyl (C=O) groups excluding carboxylic acids is 10. The van der Waals surface area contributed by atoms with Gasteiger partial charge in [-0.2, -0.15) is 0 Å². The van der Waals surface area contributed by atoms with Gasteiger partial charge >= 0.3 is 59.7 Å². The highest BCUT2D eigenvalue weighted by molar-refractivity contribution is 5.70. The number of esters is 10. The molecule has 0 radical (unpaired) electrons. The summed E-state index contributed by atoms with van der Waals surface area (Å²) in [5.74, 6) is -7.64. The highest BCUT2D eigenvalue weighted by atomic mass is 16.8. The van der Waals surface area contributed by atoms with Crippen LogP contribution in [0.25, 0.3) is 0 Å². The third kappa shape index (κ3) is 15.1. The number of hydrogen-bond donors (Lipinski definition) is 0. The molecule has 3 heterocycles. The Balaban J connectivity index is 1.22. The molecule has 24 atom stereocenters. The standard InChI is InChI=1S/C67H98O26/c1-32-51(84-37(6)72)54(87-40(9)75)57(89-42(11)77)60(81-32)93-58-55(88-41(10)76)52(85-38(7)73)46(29-78-33(2)68)90-61(58)92-56-53(86-39(8)74)45(82-35(4)70)30-79-59(56)91-49-22-23-64(15)47(65(49,16)31-80-34(3)69)21-24-67(18)48(64)20-19-43-44-27-62(12,13)28-50(83-36(5)71)63(44,14)25-26-66(43,67)17/h19,32,44-61H,20-31H2,1-18H3/t32-,44-,45-,46+,47+,48+,49-,50+,51-,52-,53-,54+,55-,56+,57+,58+,59-,60-,61-,63+,64-,65+,66+,67+/m0/s1. The molecular weight excluding hydrogens is 1220 g/mol. The summed E-state index contributed by atoms with van der Waals surface area (Å²) < 4.78 is 98.8. The van der Waals surface area contributed by atoms with Crippen molar-refractivity contribution >= 4 is 59.7 Å². The van der Waals surface area contributed by atoms with E-state index in [1.54, 1.807) is 0 Å². The summed E-state index contributed by atoms with van der Waals surface area (Å²) in [6.07, 6.45) is -14.9. The quantitative estimate of drug-likeness (QED) is 0.0579. The van der Waals surface area contributed by atoms with Gasteiger partial charge in [0, 0.05) is 80.1 Å². The lowest BCUT2D eigenvalue weighted by atomic mass is 9.33. The number of hydrogen-bond acceptors (Lipinski definition) is 26. The van der Waals surface area contributed by atoms with Gasteiger partial charge in [-0.15, -0.1) is 0 Å². The van der Waals surface area contributed by atoms with Gasteiger partial charge in [-0.05, 0) is 104 Å². The molecule has 0 aromatic carbocycles. The van der Waals surface area contributed by atoms with E-state index >= 15 is 0 Å². The lowest BCUT2D eigenvalue weighted by Gasteiger charge is -2.72. The van der Waals surface area contributed by atoms with Gasteiger partial charge in [0.1, 0.15) is 18.8 Å². The summed E-state index contributed by atoms with van der Waals surface area (Å²) in [4.78, 5) is 130. The molecule has 8 rings (SSSR count). The number of fused-ring (bicyclic) bond motifs is 7. The van der Waals surface area contributed by atoms with Gasteiger partial charge in [0.05, 0.1) is 25.4 Å². The van der Waals surface area contributed by atoms with Crippen LogP contribution in [0.15, 0.2) is 11.6 Å². The van der Waals surface area contributed by atoms with Gasteiger partial charge < -0.3 is 75.8 Å². The average Bonchev–Trinajstić information content (AvgIpc) is 0.676. The summed E-state index contributed by atoms with van der Waals surface area (Å²) in [6.45, 7) is 27.9. The van der Waals surface area contributed by atoms with Crippen molar-refractivity contribution in [3.05, 3.63) is 11.6 Å². The maximum Gasteiger partial charge on any atom is 0.303 e. The highest BCUT2D eigenvalue weighted by Gasteiger charge is 2.71. The predicted octanol–water partition coefficient (Wildman–Crippen LogP) is 6.96. The van der Waals surface area contributed by atoms with Gasteiger partial charge in [-0.3, -0.25) is 47.9 Å². The second kappa shape index (κ2) is 28.1. The van der Waals surface area contributed by atoms with E-state index in [2.05, 4.69) is 47.6 Å². The molecular formula is C67H98O26. The maximum absolute atomic E-state index is 13.4. The fraction of sp³-hybridized carbons (Fsp3) is 0.821. The third-order valence-corrected chi connectivity index (χ3v) is 21.9. The van der Waals surface area contributed by atoms with Crippen LogP contribution in [0.5, 0.6) is 0 Å². The van der Waals surface area contributed by atoms with Gasteiger partial charge in [-0.1, -0.05) is 60.1 Å². The van der Waals surface area contributed by atoms with Gasteiger partial charge in [0.2, 0.25) is 0 Å². The van der Waals surface area contributed by atoms with E-state index in [1.807, 2.05) is 6.92 Å². The van der Waals surface area contributed by atoms with E-state index in [-0.39, 0.29) is 63.5 Å². The number of carbonyl (C=O) groups is 10. The molecule has 3 aliphatic heterocycles. The Bertz CT molecular complexity index is 2890. The van der Waals surface area contributed by atoms with Crippen LogP contribution in [0.3, 0.4) is 0 Å². The van der Waals surface area contributed by atoms with Crippen molar-refractivity contribution in [2.45, 2.75) is 281 Å². The molecule has 0 bridgehead atoms. The lowest BCUT2D eigenvalue weighted by Crippen LogP contribution is -2.68. The van der Waals surface area contributed by atoms with E-state index < -0.39 is 164 Å². The Morgan fingerprint density at radius 2 is 0.978 bits per heavy atom. The van der Waals surface area contributed by atoms with Crippen LogP contribution in [0, 0.1) is 50.2 Å². The second-order valence-corrected chi connectivity index (χ2v) is 29.0. The van der Waals surface area contributed by atoms with E-state index in [1.165, 1.54) is 26.3 Å². The van der Waals surface area contributed by atoms with E-state index in [9.17, 15) is 47.9 Å². The summed E-state index contributed by atoms with van der Waals surface area (Å²) in [6, 6.07) is 0. The molecule has 5 aliphatic carbocycles. The van der Waals surface area contributed by atoms with Crippen molar-refractivity contribution in [3.8, 4) is 0 Å². The van der Waals surface area contributed by atoms with Crippen LogP contribution >= 0.6 is 0 Å². The fourth-order valence-corrected chi connectivity index (χ4v) is 17.8. The van der Waals surface area contributed by atoms with Crippen molar-refractivity contribution < 1.29 is 124 Å². The van der Waals surface area contributed by atoms with E-state index in [4.69, 9.17) is 75.8 Å². The number of rotatable bonds is 18. The lowest BCUT2D eigenvalue weighted by molar-refractivity contribution is -0.392. The Morgan fingerprint density at radius 1 is 0.462 bits per heavy atom. The van der Waals surface area contributed by atoms with Crippen LogP contribution in [-0.4, -0.2) is 178 Å². The minimum absolute atomic E-state index is 0.0737. The van der Waals surface area contributed by atoms with Crippen molar-refractivity contribution in [1.29, 1.82) is 0 Å². The molecule has 522 valence electrons. The Labute approximate surface area is 544 Å². The molecule has 0 unspecified atom stereocenters. The zero-order valence-corrected chi connectivity index (χ0v) is 57.1. The summed E-state index contributed by atoms with van der Waals surface area (Å²) in [5.41, 5.74) is -0.612. The summed E-state index contributed by atoms with van der Waals surface area (Å²) >= 11 is 0. The van der Waals surface area contributed by atoms with Crippen molar-refractivity contribution in [2.75, 3.05) is 19.8 Å². The first-order valence-corrected chi connectivity index (χ1v) is 32.5. The molecule has 26 nitrogen and oxygen atoms in total. The molecule has 0 aromatic heterocycles. The largest absolute Gasteiger partial charge is 0.465 e. The highest BCUT2D eigenvalue weighted by Crippen LogP contribution is 2.76. The molecule has 8 aliphatic rings. The molecule has 7 fully saturated rings. The molecule has 0 N–H and O–H groups in total. The first kappa shape index (κ1) is 73.0.